The van der Waals surface area contributed by atoms with E-state index in [0.29, 0.717) is 0 Å². The number of quaternary nitrogens is 1. The smallest absolute Gasteiger partial charge is 0.319 e. The Hall–Kier alpha value is -2.20. The maximum Gasteiger partial charge on any atom is 0.319 e. The predicted molar refractivity (Wildman–Crippen MR) is 84.9 cm³/mol. The Balaban J connectivity index is 3.03. The molecule has 1 aliphatic rings. The normalized spacial score (nSPS) is 23.8. The van der Waals surface area contributed by atoms with Crippen LogP contribution in [-0.4, -0.2) is 48.5 Å². The molecule has 0 spiro atoms. The zero-order chi connectivity index (χ0) is 20.3. The first-order valence-corrected chi connectivity index (χ1v) is 7.98. The molecule has 2 atom stereocenters. The number of carbonyl (C=O) groups is 4. The molecular weight excluding hydrogens is 350 g/mol. The molecule has 1 fully saturated rings. The van der Waals surface area contributed by atoms with Crippen LogP contribution < -0.4 is 5.06 Å². The highest BCUT2D eigenvalue weighted by Crippen LogP contribution is 2.38. The molecule has 0 radical (unpaired) electrons. The summed E-state index contributed by atoms with van der Waals surface area (Å²) in [6.45, 7) is 7.20. The van der Waals surface area contributed by atoms with Crippen molar-refractivity contribution >= 4 is 23.9 Å². The largest absolute Gasteiger partial charge is 0.633 e. The van der Waals surface area contributed by atoms with Crippen molar-refractivity contribution in [2.75, 3.05) is 13.6 Å². The highest BCUT2D eigenvalue weighted by molar-refractivity contribution is 5.84. The summed E-state index contributed by atoms with van der Waals surface area (Å²) in [6, 6.07) is 0. The SMILES string of the molecule is CC(=O)OCOC(=O)[C@@H]1[C@@H](C(=O)OCOC(C)=O)C(C)(C)[NH+]([O-])C1(C)C. The van der Waals surface area contributed by atoms with Crippen molar-refractivity contribution in [2.45, 2.75) is 52.6 Å². The summed E-state index contributed by atoms with van der Waals surface area (Å²) >= 11 is 0. The van der Waals surface area contributed by atoms with E-state index in [-0.39, 0.29) is 5.06 Å². The van der Waals surface area contributed by atoms with E-state index in [1.54, 1.807) is 0 Å². The van der Waals surface area contributed by atoms with Crippen LogP contribution in [0, 0.1) is 17.0 Å². The van der Waals surface area contributed by atoms with E-state index in [4.69, 9.17) is 9.47 Å². The Kier molecular flexibility index (Phi) is 6.72. The van der Waals surface area contributed by atoms with Gasteiger partial charge in [-0.15, -0.1) is 0 Å². The molecule has 0 aromatic carbocycles. The molecule has 148 valence electrons. The molecule has 0 aromatic rings. The molecule has 0 amide bonds. The minimum atomic E-state index is -1.21. The maximum absolute atomic E-state index is 12.8. The average molecular weight is 375 g/mol. The first-order valence-electron chi connectivity index (χ1n) is 7.98. The van der Waals surface area contributed by atoms with Crippen LogP contribution in [0.25, 0.3) is 0 Å². The van der Waals surface area contributed by atoms with E-state index < -0.39 is 60.4 Å². The van der Waals surface area contributed by atoms with Crippen LogP contribution in [0.1, 0.15) is 41.5 Å². The highest BCUT2D eigenvalue weighted by atomic mass is 16.7. The second kappa shape index (κ2) is 8.00. The van der Waals surface area contributed by atoms with Crippen molar-refractivity contribution in [3.05, 3.63) is 5.21 Å². The number of esters is 4. The molecule has 0 saturated carbocycles. The van der Waals surface area contributed by atoms with Crippen molar-refractivity contribution in [2.24, 2.45) is 11.8 Å². The fraction of sp³-hybridized carbons (Fsp3) is 0.750. The summed E-state index contributed by atoms with van der Waals surface area (Å²) < 4.78 is 19.0. The van der Waals surface area contributed by atoms with Crippen LogP contribution in [0.4, 0.5) is 0 Å². The maximum atomic E-state index is 12.8. The lowest BCUT2D eigenvalue weighted by Crippen LogP contribution is -3.20. The lowest BCUT2D eigenvalue weighted by molar-refractivity contribution is -0.935. The van der Waals surface area contributed by atoms with E-state index in [0.717, 1.165) is 13.8 Å². The molecule has 1 N–H and O–H groups in total. The monoisotopic (exact) mass is 375 g/mol. The van der Waals surface area contributed by atoms with Gasteiger partial charge in [0.1, 0.15) is 22.9 Å². The molecule has 10 nitrogen and oxygen atoms in total. The Morgan fingerprint density at radius 1 is 0.769 bits per heavy atom. The quantitative estimate of drug-likeness (QED) is 0.363. The van der Waals surface area contributed by atoms with Crippen molar-refractivity contribution < 1.29 is 43.2 Å². The molecule has 26 heavy (non-hydrogen) atoms. The van der Waals surface area contributed by atoms with Gasteiger partial charge in [-0.1, -0.05) is 0 Å². The number of rotatable bonds is 6. The Morgan fingerprint density at radius 3 is 1.35 bits per heavy atom. The molecule has 1 aliphatic heterocycles. The van der Waals surface area contributed by atoms with Gasteiger partial charge in [-0.3, -0.25) is 19.2 Å². The number of hydrogen-bond donors (Lipinski definition) is 1. The molecule has 0 bridgehead atoms. The minimum Gasteiger partial charge on any atom is -0.633 e. The second-order valence-corrected chi connectivity index (χ2v) is 7.16. The van der Waals surface area contributed by atoms with Crippen molar-refractivity contribution in [3.8, 4) is 0 Å². The number of hydrogen-bond acceptors (Lipinski definition) is 9. The molecule has 1 saturated heterocycles. The van der Waals surface area contributed by atoms with Gasteiger partial charge in [0.15, 0.2) is 0 Å². The van der Waals surface area contributed by atoms with Crippen LogP contribution in [-0.2, 0) is 38.1 Å². The van der Waals surface area contributed by atoms with Gasteiger partial charge in [0, 0.05) is 13.8 Å². The summed E-state index contributed by atoms with van der Waals surface area (Å²) in [6.07, 6.45) is 0. The number of nitrogens with one attached hydrogen (secondary N) is 1. The van der Waals surface area contributed by atoms with Gasteiger partial charge in [0.25, 0.3) is 0 Å². The minimum absolute atomic E-state index is 0.311. The second-order valence-electron chi connectivity index (χ2n) is 7.16. The number of ether oxygens (including phenoxy) is 4. The molecule has 0 aliphatic carbocycles. The highest BCUT2D eigenvalue weighted by Gasteiger charge is 2.66. The first kappa shape index (κ1) is 21.8. The van der Waals surface area contributed by atoms with Crippen molar-refractivity contribution in [1.29, 1.82) is 0 Å². The molecule has 1 rings (SSSR count). The third kappa shape index (κ3) is 4.50. The van der Waals surface area contributed by atoms with Gasteiger partial charge in [0.2, 0.25) is 13.6 Å². The fourth-order valence-corrected chi connectivity index (χ4v) is 3.33. The van der Waals surface area contributed by atoms with E-state index in [9.17, 15) is 24.4 Å². The third-order valence-electron chi connectivity index (χ3n) is 4.49. The van der Waals surface area contributed by atoms with Crippen LogP contribution in [0.5, 0.6) is 0 Å². The van der Waals surface area contributed by atoms with Crippen LogP contribution in [0.2, 0.25) is 0 Å². The standard InChI is InChI=1S/C16H25NO9/c1-9(18)23-7-25-13(20)11-12(14(21)26-8-24-10(2)19)16(5,6)17(22)15(11,3)4/h11-12,17H,7-8H2,1-6H3/t11-,12-/m0/s1. The lowest BCUT2D eigenvalue weighted by atomic mass is 9.77. The van der Waals surface area contributed by atoms with Gasteiger partial charge in [0.05, 0.1) is 0 Å². The van der Waals surface area contributed by atoms with Gasteiger partial charge in [-0.25, -0.2) is 0 Å². The molecule has 0 unspecified atom stereocenters. The van der Waals surface area contributed by atoms with E-state index in [1.165, 1.54) is 27.7 Å². The summed E-state index contributed by atoms with van der Waals surface area (Å²) in [5.41, 5.74) is -2.41. The first-order chi connectivity index (χ1) is 11.8. The van der Waals surface area contributed by atoms with Crippen LogP contribution >= 0.6 is 0 Å². The van der Waals surface area contributed by atoms with E-state index in [2.05, 4.69) is 9.47 Å². The third-order valence-corrected chi connectivity index (χ3v) is 4.49. The fourth-order valence-electron chi connectivity index (χ4n) is 3.33. The van der Waals surface area contributed by atoms with E-state index >= 15 is 0 Å². The number of hydroxylamine groups is 2. The molecule has 0 aromatic heterocycles. The summed E-state index contributed by atoms with van der Waals surface area (Å²) in [5, 5.41) is 12.4. The zero-order valence-corrected chi connectivity index (χ0v) is 15.7. The summed E-state index contributed by atoms with van der Waals surface area (Å²) in [4.78, 5) is 46.6. The average Bonchev–Trinajstić information content (AvgIpc) is 2.63. The van der Waals surface area contributed by atoms with Gasteiger partial charge in [-0.05, 0) is 27.7 Å². The predicted octanol–water partition coefficient (Wildman–Crippen LogP) is -0.700. The summed E-state index contributed by atoms with van der Waals surface area (Å²) in [7, 11) is 0. The van der Waals surface area contributed by atoms with Crippen molar-refractivity contribution in [1.82, 2.24) is 0 Å². The van der Waals surface area contributed by atoms with Crippen LogP contribution in [0.3, 0.4) is 0 Å². The van der Waals surface area contributed by atoms with Crippen LogP contribution in [0.15, 0.2) is 0 Å². The van der Waals surface area contributed by atoms with Crippen molar-refractivity contribution in [3.63, 3.8) is 0 Å². The van der Waals surface area contributed by atoms with Gasteiger partial charge < -0.3 is 29.2 Å². The lowest BCUT2D eigenvalue weighted by Gasteiger charge is -2.41. The Bertz CT molecular complexity index is 534. The molecule has 1 heterocycles. The topological polar surface area (TPSA) is 133 Å². The molecular formula is C16H25NO9. The van der Waals surface area contributed by atoms with Gasteiger partial charge in [-0.2, -0.15) is 0 Å². The van der Waals surface area contributed by atoms with Gasteiger partial charge >= 0.3 is 23.9 Å². The number of carbonyl (C=O) groups excluding carboxylic acids is 4. The Morgan fingerprint density at radius 2 is 1.08 bits per heavy atom. The Labute approximate surface area is 151 Å². The molecule has 10 heteroatoms. The summed E-state index contributed by atoms with van der Waals surface area (Å²) in [5.74, 6) is -5.29. The van der Waals surface area contributed by atoms with E-state index in [1.807, 2.05) is 0 Å². The zero-order valence-electron chi connectivity index (χ0n) is 15.7.